The Hall–Kier alpha value is -6.86. The number of aromatic nitrogens is 1. The van der Waals surface area contributed by atoms with Gasteiger partial charge in [-0.1, -0.05) is 115 Å². The maximum atomic E-state index is 5.09. The fraction of sp³-hybridized carbons (Fsp3) is 0.0196. The fourth-order valence-electron chi connectivity index (χ4n) is 8.51. The summed E-state index contributed by atoms with van der Waals surface area (Å²) < 4.78 is 7.53. The number of rotatable bonds is 5. The van der Waals surface area contributed by atoms with Crippen LogP contribution in [0.1, 0.15) is 22.9 Å². The van der Waals surface area contributed by atoms with Crippen LogP contribution in [0, 0.1) is 0 Å². The average molecular weight is 765 g/mol. The number of benzene rings is 8. The van der Waals surface area contributed by atoms with E-state index in [4.69, 9.17) is 9.98 Å². The Bertz CT molecular complexity index is 3390. The molecule has 1 N–H and O–H groups in total. The van der Waals surface area contributed by atoms with Gasteiger partial charge < -0.3 is 9.88 Å². The van der Waals surface area contributed by atoms with Gasteiger partial charge >= 0.3 is 0 Å². The molecular weight excluding hydrogens is 733 g/mol. The van der Waals surface area contributed by atoms with E-state index in [0.29, 0.717) is 0 Å². The first-order chi connectivity index (χ1) is 28.2. The lowest BCUT2D eigenvalue weighted by Gasteiger charge is -2.23. The van der Waals surface area contributed by atoms with Gasteiger partial charge in [-0.3, -0.25) is 0 Å². The Labute approximate surface area is 336 Å². The van der Waals surface area contributed by atoms with Crippen molar-refractivity contribution in [2.24, 2.45) is 9.98 Å². The number of thiophene rings is 2. The number of amidine groups is 2. The zero-order valence-corrected chi connectivity index (χ0v) is 32.2. The normalized spacial score (nSPS) is 14.5. The molecule has 4 nitrogen and oxygen atoms in total. The third-order valence-electron chi connectivity index (χ3n) is 11.3. The van der Waals surface area contributed by atoms with Crippen LogP contribution in [-0.4, -0.2) is 16.2 Å². The summed E-state index contributed by atoms with van der Waals surface area (Å²) in [5.41, 5.74) is 9.24. The topological polar surface area (TPSA) is 41.7 Å². The molecule has 57 heavy (non-hydrogen) atoms. The number of nitrogens with one attached hydrogen (secondary N) is 1. The van der Waals surface area contributed by atoms with Gasteiger partial charge in [0, 0.05) is 67.9 Å². The third kappa shape index (κ3) is 5.33. The molecule has 0 saturated carbocycles. The van der Waals surface area contributed by atoms with Crippen molar-refractivity contribution < 1.29 is 0 Å². The molecule has 0 amide bonds. The van der Waals surface area contributed by atoms with Crippen LogP contribution in [-0.2, 0) is 0 Å². The van der Waals surface area contributed by atoms with Crippen LogP contribution in [0.15, 0.2) is 192 Å². The molecule has 12 rings (SSSR count). The van der Waals surface area contributed by atoms with Crippen molar-refractivity contribution in [1.29, 1.82) is 0 Å². The van der Waals surface area contributed by atoms with Crippen molar-refractivity contribution in [3.05, 3.63) is 199 Å². The number of fused-ring (bicyclic) bond motifs is 9. The largest absolute Gasteiger partial charge is 0.344 e. The van der Waals surface area contributed by atoms with E-state index in [1.165, 1.54) is 79.0 Å². The summed E-state index contributed by atoms with van der Waals surface area (Å²) >= 11 is 3.71. The molecule has 8 aromatic carbocycles. The summed E-state index contributed by atoms with van der Waals surface area (Å²) in [4.78, 5) is 10.1. The summed E-state index contributed by atoms with van der Waals surface area (Å²) in [6.45, 7) is 0. The first-order valence-electron chi connectivity index (χ1n) is 19.2. The minimum Gasteiger partial charge on any atom is -0.344 e. The van der Waals surface area contributed by atoms with Gasteiger partial charge in [0.15, 0.2) is 5.84 Å². The molecule has 0 radical (unpaired) electrons. The Balaban J connectivity index is 0.932. The lowest BCUT2D eigenvalue weighted by Crippen LogP contribution is -2.33. The van der Waals surface area contributed by atoms with Crippen molar-refractivity contribution in [2.75, 3.05) is 0 Å². The lowest BCUT2D eigenvalue weighted by molar-refractivity contribution is 0.674. The fourth-order valence-corrected chi connectivity index (χ4v) is 10.7. The molecule has 1 aliphatic rings. The van der Waals surface area contributed by atoms with E-state index in [1.54, 1.807) is 0 Å². The maximum Gasteiger partial charge on any atom is 0.159 e. The van der Waals surface area contributed by atoms with Gasteiger partial charge in [-0.15, -0.1) is 22.7 Å². The van der Waals surface area contributed by atoms with Gasteiger partial charge in [0.1, 0.15) is 12.0 Å². The van der Waals surface area contributed by atoms with Gasteiger partial charge in [0.25, 0.3) is 0 Å². The molecule has 0 saturated heterocycles. The maximum absolute atomic E-state index is 5.09. The lowest BCUT2D eigenvalue weighted by atomic mass is 10.00. The Kier molecular flexibility index (Phi) is 7.30. The number of aliphatic imine (C=N–C) groups is 2. The van der Waals surface area contributed by atoms with Crippen molar-refractivity contribution in [1.82, 2.24) is 9.88 Å². The molecule has 0 fully saturated rings. The van der Waals surface area contributed by atoms with Crippen LogP contribution in [0.25, 0.3) is 79.0 Å². The molecule has 11 aromatic rings. The molecular formula is C51H32N4S2. The number of hydrogen-bond acceptors (Lipinski definition) is 5. The Morgan fingerprint density at radius 3 is 1.63 bits per heavy atom. The molecule has 1 atom stereocenters. The molecule has 6 heteroatoms. The second kappa shape index (κ2) is 12.8. The van der Waals surface area contributed by atoms with E-state index in [0.717, 1.165) is 28.4 Å². The molecule has 0 spiro atoms. The molecule has 1 aliphatic heterocycles. The Morgan fingerprint density at radius 2 is 0.965 bits per heavy atom. The van der Waals surface area contributed by atoms with Gasteiger partial charge in [0.2, 0.25) is 0 Å². The number of hydrogen-bond donors (Lipinski definition) is 1. The first-order valence-corrected chi connectivity index (χ1v) is 20.8. The standard InChI is InChI=1S/C51H32N4S2/c1-3-11-31(12-4-1)49-52-50(32-13-5-2-6-14-32)54-51(53-49)35-21-26-47-42(29-35)41-28-34(20-25-46(41)56-47)33-19-24-45-40(27-33)39-23-22-36(30-48(39)57-45)55-43-17-9-7-15-37(43)38-16-8-10-18-44(38)55/h1-30,49H,(H,52,53,54). The predicted molar refractivity (Wildman–Crippen MR) is 244 cm³/mol. The van der Waals surface area contributed by atoms with E-state index in [2.05, 4.69) is 168 Å². The minimum atomic E-state index is -0.237. The van der Waals surface area contributed by atoms with Crippen LogP contribution in [0.4, 0.5) is 0 Å². The monoisotopic (exact) mass is 764 g/mol. The van der Waals surface area contributed by atoms with Gasteiger partial charge in [-0.25, -0.2) is 9.98 Å². The molecule has 268 valence electrons. The van der Waals surface area contributed by atoms with E-state index >= 15 is 0 Å². The molecule has 0 bridgehead atoms. The summed E-state index contributed by atoms with van der Waals surface area (Å²) in [7, 11) is 0. The summed E-state index contributed by atoms with van der Waals surface area (Å²) in [6, 6.07) is 65.6. The highest BCUT2D eigenvalue weighted by Crippen LogP contribution is 2.41. The second-order valence-electron chi connectivity index (χ2n) is 14.6. The van der Waals surface area contributed by atoms with E-state index in [-0.39, 0.29) is 6.17 Å². The van der Waals surface area contributed by atoms with Gasteiger partial charge in [0.05, 0.1) is 11.0 Å². The van der Waals surface area contributed by atoms with Crippen LogP contribution >= 0.6 is 22.7 Å². The summed E-state index contributed by atoms with van der Waals surface area (Å²) in [6.07, 6.45) is -0.237. The van der Waals surface area contributed by atoms with Crippen LogP contribution < -0.4 is 5.32 Å². The third-order valence-corrected chi connectivity index (χ3v) is 13.5. The number of nitrogens with zero attached hydrogens (tertiary/aromatic N) is 3. The summed E-state index contributed by atoms with van der Waals surface area (Å²) in [5.74, 6) is 1.56. The SMILES string of the molecule is c1ccc(C2=NC(c3ccccc3)NC(c3ccc4sc5ccc(-c6ccc7sc8cc(-n9c%10ccccc%10c%10ccccc%109)ccc8c7c6)cc5c4c3)=N2)cc1. The highest BCUT2D eigenvalue weighted by Gasteiger charge is 2.22. The van der Waals surface area contributed by atoms with E-state index in [1.807, 2.05) is 46.9 Å². The molecule has 4 heterocycles. The quantitative estimate of drug-likeness (QED) is 0.186. The first kappa shape index (κ1) is 32.4. The zero-order chi connectivity index (χ0) is 37.5. The van der Waals surface area contributed by atoms with Crippen molar-refractivity contribution in [2.45, 2.75) is 6.17 Å². The predicted octanol–water partition coefficient (Wildman–Crippen LogP) is 13.7. The number of para-hydroxylation sites is 2. The summed E-state index contributed by atoms with van der Waals surface area (Å²) in [5, 5.41) is 11.3. The Morgan fingerprint density at radius 1 is 0.421 bits per heavy atom. The van der Waals surface area contributed by atoms with Gasteiger partial charge in [-0.2, -0.15) is 0 Å². The highest BCUT2D eigenvalue weighted by molar-refractivity contribution is 7.26. The average Bonchev–Trinajstić information content (AvgIpc) is 3.95. The molecule has 3 aromatic heterocycles. The second-order valence-corrected chi connectivity index (χ2v) is 16.8. The van der Waals surface area contributed by atoms with E-state index in [9.17, 15) is 0 Å². The zero-order valence-electron chi connectivity index (χ0n) is 30.6. The van der Waals surface area contributed by atoms with Crippen molar-refractivity contribution >= 4 is 96.5 Å². The van der Waals surface area contributed by atoms with Crippen molar-refractivity contribution in [3.8, 4) is 16.8 Å². The van der Waals surface area contributed by atoms with E-state index < -0.39 is 0 Å². The minimum absolute atomic E-state index is 0.237. The van der Waals surface area contributed by atoms with Crippen LogP contribution in [0.5, 0.6) is 0 Å². The smallest absolute Gasteiger partial charge is 0.159 e. The molecule has 1 unspecified atom stereocenters. The van der Waals surface area contributed by atoms with Crippen LogP contribution in [0.2, 0.25) is 0 Å². The van der Waals surface area contributed by atoms with Gasteiger partial charge in [-0.05, 0) is 83.4 Å². The highest BCUT2D eigenvalue weighted by atomic mass is 32.1. The van der Waals surface area contributed by atoms with Crippen LogP contribution in [0.3, 0.4) is 0 Å². The molecule has 0 aliphatic carbocycles. The van der Waals surface area contributed by atoms with Crippen molar-refractivity contribution in [3.63, 3.8) is 0 Å².